The zero-order valence-electron chi connectivity index (χ0n) is 10.8. The summed E-state index contributed by atoms with van der Waals surface area (Å²) < 4.78 is 5.57. The van der Waals surface area contributed by atoms with Gasteiger partial charge in [0, 0.05) is 0 Å². The Morgan fingerprint density at radius 3 is 2.35 bits per heavy atom. The van der Waals surface area contributed by atoms with Crippen LogP contribution >= 0.6 is 0 Å². The first kappa shape index (κ1) is 13.6. The van der Waals surface area contributed by atoms with Gasteiger partial charge < -0.3 is 9.84 Å². The van der Waals surface area contributed by atoms with Gasteiger partial charge in [0.25, 0.3) is 0 Å². The molecule has 3 heteroatoms. The smallest absolute Gasteiger partial charge is 0.311 e. The van der Waals surface area contributed by atoms with Crippen molar-refractivity contribution in [2.24, 2.45) is 5.92 Å². The van der Waals surface area contributed by atoms with E-state index in [2.05, 4.69) is 0 Å². The van der Waals surface area contributed by atoms with Gasteiger partial charge in [-0.1, -0.05) is 26.0 Å². The summed E-state index contributed by atoms with van der Waals surface area (Å²) in [4.78, 5) is 11.2. The Morgan fingerprint density at radius 2 is 1.88 bits per heavy atom. The van der Waals surface area contributed by atoms with Crippen LogP contribution in [0.1, 0.15) is 39.2 Å². The molecule has 0 radical (unpaired) electrons. The van der Waals surface area contributed by atoms with Crippen molar-refractivity contribution >= 4 is 5.97 Å². The zero-order chi connectivity index (χ0) is 13.0. The Morgan fingerprint density at radius 1 is 1.24 bits per heavy atom. The van der Waals surface area contributed by atoms with E-state index in [0.29, 0.717) is 0 Å². The molecule has 17 heavy (non-hydrogen) atoms. The lowest BCUT2D eigenvalue weighted by atomic mass is 9.88. The summed E-state index contributed by atoms with van der Waals surface area (Å²) in [5, 5.41) is 9.23. The second-order valence-electron chi connectivity index (χ2n) is 4.80. The summed E-state index contributed by atoms with van der Waals surface area (Å²) in [5.74, 6) is -0.487. The topological polar surface area (TPSA) is 46.5 Å². The van der Waals surface area contributed by atoms with Gasteiger partial charge in [-0.3, -0.25) is 4.79 Å². The highest BCUT2D eigenvalue weighted by Gasteiger charge is 2.23. The first-order chi connectivity index (χ1) is 7.91. The van der Waals surface area contributed by atoms with Gasteiger partial charge in [-0.15, -0.1) is 0 Å². The molecule has 94 valence electrons. The quantitative estimate of drug-likeness (QED) is 0.853. The van der Waals surface area contributed by atoms with Crippen LogP contribution in [-0.2, 0) is 4.79 Å². The maximum atomic E-state index is 11.2. The fourth-order valence-electron chi connectivity index (χ4n) is 1.87. The fraction of sp³-hybridized carbons (Fsp3) is 0.500. The van der Waals surface area contributed by atoms with Crippen LogP contribution in [0.4, 0.5) is 0 Å². The third-order valence-electron chi connectivity index (χ3n) is 2.52. The van der Waals surface area contributed by atoms with Crippen LogP contribution in [0.25, 0.3) is 0 Å². The first-order valence-electron chi connectivity index (χ1n) is 5.91. The van der Waals surface area contributed by atoms with Crippen LogP contribution in [0, 0.1) is 5.92 Å². The van der Waals surface area contributed by atoms with Crippen molar-refractivity contribution < 1.29 is 14.6 Å². The highest BCUT2D eigenvalue weighted by atomic mass is 16.5. The van der Waals surface area contributed by atoms with Crippen LogP contribution in [0.15, 0.2) is 24.3 Å². The molecular weight excluding hydrogens is 216 g/mol. The summed E-state index contributed by atoms with van der Waals surface area (Å²) >= 11 is 0. The van der Waals surface area contributed by atoms with E-state index in [-0.39, 0.29) is 12.0 Å². The molecule has 1 rings (SSSR count). The van der Waals surface area contributed by atoms with Crippen LogP contribution < -0.4 is 4.74 Å². The van der Waals surface area contributed by atoms with Crippen molar-refractivity contribution in [1.29, 1.82) is 0 Å². The minimum atomic E-state index is -0.790. The average molecular weight is 236 g/mol. The molecule has 1 aromatic rings. The summed E-state index contributed by atoms with van der Waals surface area (Å²) in [6.07, 6.45) is 0.0904. The predicted molar refractivity (Wildman–Crippen MR) is 67.4 cm³/mol. The summed E-state index contributed by atoms with van der Waals surface area (Å²) in [6, 6.07) is 7.35. The molecule has 3 nitrogen and oxygen atoms in total. The van der Waals surface area contributed by atoms with E-state index < -0.39 is 11.9 Å². The number of carbonyl (C=O) groups is 1. The Bertz CT molecular complexity index is 383. The van der Waals surface area contributed by atoms with E-state index in [1.165, 1.54) is 0 Å². The third-order valence-corrected chi connectivity index (χ3v) is 2.52. The van der Waals surface area contributed by atoms with Crippen LogP contribution in [-0.4, -0.2) is 17.2 Å². The van der Waals surface area contributed by atoms with Crippen molar-refractivity contribution in [1.82, 2.24) is 0 Å². The van der Waals surface area contributed by atoms with Gasteiger partial charge in [0.1, 0.15) is 5.75 Å². The number of hydrogen-bond donors (Lipinski definition) is 1. The maximum absolute atomic E-state index is 11.2. The van der Waals surface area contributed by atoms with E-state index in [4.69, 9.17) is 4.74 Å². The largest absolute Gasteiger partial charge is 0.491 e. The van der Waals surface area contributed by atoms with Gasteiger partial charge in [-0.05, 0) is 37.5 Å². The molecule has 1 N–H and O–H groups in total. The molecule has 0 amide bonds. The van der Waals surface area contributed by atoms with Gasteiger partial charge in [0.05, 0.1) is 12.0 Å². The molecule has 0 spiro atoms. The van der Waals surface area contributed by atoms with Gasteiger partial charge >= 0.3 is 5.97 Å². The predicted octanol–water partition coefficient (Wildman–Crippen LogP) is 3.30. The molecule has 0 aliphatic heterocycles. The van der Waals surface area contributed by atoms with Crippen molar-refractivity contribution in [3.8, 4) is 5.75 Å². The lowest BCUT2D eigenvalue weighted by Gasteiger charge is -2.18. The van der Waals surface area contributed by atoms with Crippen molar-refractivity contribution in [2.45, 2.75) is 39.7 Å². The van der Waals surface area contributed by atoms with E-state index in [1.54, 1.807) is 0 Å². The molecule has 0 fully saturated rings. The number of hydrogen-bond acceptors (Lipinski definition) is 2. The Kier molecular flexibility index (Phi) is 4.55. The van der Waals surface area contributed by atoms with Crippen LogP contribution in [0.5, 0.6) is 5.75 Å². The van der Waals surface area contributed by atoms with Crippen molar-refractivity contribution in [2.75, 3.05) is 0 Å². The second-order valence-corrected chi connectivity index (χ2v) is 4.80. The second kappa shape index (κ2) is 5.71. The minimum Gasteiger partial charge on any atom is -0.491 e. The number of benzene rings is 1. The summed E-state index contributed by atoms with van der Waals surface area (Å²) in [6.45, 7) is 7.72. The molecule has 0 saturated heterocycles. The number of carboxylic acid groups (broad SMARTS) is 1. The molecule has 0 saturated carbocycles. The molecule has 1 atom stereocenters. The Balaban J connectivity index is 3.00. The molecule has 1 aromatic carbocycles. The van der Waals surface area contributed by atoms with E-state index >= 15 is 0 Å². The molecule has 0 heterocycles. The summed E-state index contributed by atoms with van der Waals surface area (Å²) in [5.41, 5.74) is 0.797. The van der Waals surface area contributed by atoms with Crippen LogP contribution in [0.2, 0.25) is 0 Å². The van der Waals surface area contributed by atoms with Gasteiger partial charge in [-0.25, -0.2) is 0 Å². The molecule has 1 unspecified atom stereocenters. The SMILES string of the molecule is CC(C)Oc1cccc(C(C(=O)O)C(C)C)c1. The van der Waals surface area contributed by atoms with Gasteiger partial charge in [-0.2, -0.15) is 0 Å². The number of ether oxygens (including phenoxy) is 1. The lowest BCUT2D eigenvalue weighted by Crippen LogP contribution is -2.17. The molecule has 0 aliphatic carbocycles. The lowest BCUT2D eigenvalue weighted by molar-refractivity contribution is -0.139. The zero-order valence-corrected chi connectivity index (χ0v) is 10.8. The van der Waals surface area contributed by atoms with Crippen LogP contribution in [0.3, 0.4) is 0 Å². The van der Waals surface area contributed by atoms with E-state index in [1.807, 2.05) is 52.0 Å². The third kappa shape index (κ3) is 3.77. The number of carboxylic acids is 1. The monoisotopic (exact) mass is 236 g/mol. The van der Waals surface area contributed by atoms with Crippen molar-refractivity contribution in [3.63, 3.8) is 0 Å². The van der Waals surface area contributed by atoms with Gasteiger partial charge in [0.15, 0.2) is 0 Å². The van der Waals surface area contributed by atoms with E-state index in [9.17, 15) is 9.90 Å². The molecule has 0 aromatic heterocycles. The first-order valence-corrected chi connectivity index (χ1v) is 5.91. The minimum absolute atomic E-state index is 0.0572. The standard InChI is InChI=1S/C14H20O3/c1-9(2)13(14(15)16)11-6-5-7-12(8-11)17-10(3)4/h5-10,13H,1-4H3,(H,15,16). The number of aliphatic carboxylic acids is 1. The van der Waals surface area contributed by atoms with Gasteiger partial charge in [0.2, 0.25) is 0 Å². The molecule has 0 aliphatic rings. The molecular formula is C14H20O3. The highest BCUT2D eigenvalue weighted by molar-refractivity contribution is 5.76. The fourth-order valence-corrected chi connectivity index (χ4v) is 1.87. The number of rotatable bonds is 5. The molecule has 0 bridgehead atoms. The summed E-state index contributed by atoms with van der Waals surface area (Å²) in [7, 11) is 0. The van der Waals surface area contributed by atoms with E-state index in [0.717, 1.165) is 11.3 Å². The van der Waals surface area contributed by atoms with Crippen molar-refractivity contribution in [3.05, 3.63) is 29.8 Å². The highest BCUT2D eigenvalue weighted by Crippen LogP contribution is 2.27. The normalized spacial score (nSPS) is 12.8. The maximum Gasteiger partial charge on any atom is 0.311 e. The Hall–Kier alpha value is -1.51. The Labute approximate surface area is 102 Å². The average Bonchev–Trinajstić information content (AvgIpc) is 2.15.